The third-order valence-corrected chi connectivity index (χ3v) is 6.70. The van der Waals surface area contributed by atoms with Crippen LogP contribution < -0.4 is 20.9 Å². The Kier molecular flexibility index (Phi) is 10.3. The summed E-state index contributed by atoms with van der Waals surface area (Å²) < 4.78 is 57.2. The number of hydrogen-bond donors (Lipinski definition) is 3. The minimum Gasteiger partial charge on any atom is -0.353 e. The van der Waals surface area contributed by atoms with Gasteiger partial charge in [0.15, 0.2) is 5.82 Å². The van der Waals surface area contributed by atoms with Gasteiger partial charge < -0.3 is 20.9 Å². The van der Waals surface area contributed by atoms with Gasteiger partial charge in [-0.2, -0.15) is 4.98 Å². The molecule has 0 atom stereocenters. The summed E-state index contributed by atoms with van der Waals surface area (Å²) in [7, 11) is 3.76. The second-order valence-corrected chi connectivity index (χ2v) is 10.1. The minimum absolute atomic E-state index is 0.0328. The van der Waals surface area contributed by atoms with Crippen LogP contribution in [0, 0.1) is 30.2 Å². The number of nitrogens with one attached hydrogen (secondary N) is 3. The van der Waals surface area contributed by atoms with Crippen LogP contribution in [-0.4, -0.2) is 54.0 Å². The van der Waals surface area contributed by atoms with Gasteiger partial charge in [-0.1, -0.05) is 26.0 Å². The first kappa shape index (κ1) is 32.9. The third kappa shape index (κ3) is 7.37. The molecule has 0 saturated carbocycles. The molecule has 0 aliphatic carbocycles. The van der Waals surface area contributed by atoms with Crippen LogP contribution in [0.5, 0.6) is 0 Å². The number of amides is 3. The molecule has 0 saturated heterocycles. The molecule has 0 radical (unpaired) electrons. The average molecular weight is 624 g/mol. The number of rotatable bonds is 8. The molecule has 13 heteroatoms. The molecule has 236 valence electrons. The van der Waals surface area contributed by atoms with E-state index >= 15 is 0 Å². The number of nitrogens with zero attached hydrogens (tertiary/aromatic N) is 4. The summed E-state index contributed by atoms with van der Waals surface area (Å²) in [6.45, 7) is 6.74. The molecule has 0 fully saturated rings. The van der Waals surface area contributed by atoms with Crippen LogP contribution in [0.15, 0.2) is 54.6 Å². The van der Waals surface area contributed by atoms with Crippen molar-refractivity contribution in [2.24, 2.45) is 0 Å². The Morgan fingerprint density at radius 1 is 0.978 bits per heavy atom. The van der Waals surface area contributed by atoms with Gasteiger partial charge in [-0.15, -0.1) is 0 Å². The van der Waals surface area contributed by atoms with Gasteiger partial charge >= 0.3 is 6.03 Å². The van der Waals surface area contributed by atoms with Crippen molar-refractivity contribution < 1.29 is 27.2 Å². The number of carbonyl (C=O) groups is 2. The average Bonchev–Trinajstić information content (AvgIpc) is 2.98. The molecule has 3 N–H and O–H groups in total. The predicted octanol–water partition coefficient (Wildman–Crippen LogP) is 6.62. The Morgan fingerprint density at radius 3 is 2.29 bits per heavy atom. The van der Waals surface area contributed by atoms with E-state index in [1.807, 2.05) is 32.8 Å². The Labute approximate surface area is 258 Å². The quantitative estimate of drug-likeness (QED) is 0.191. The van der Waals surface area contributed by atoms with Crippen LogP contribution in [-0.2, 0) is 6.54 Å². The van der Waals surface area contributed by atoms with E-state index in [9.17, 15) is 27.2 Å². The molecule has 3 amide bonds. The molecule has 3 aromatic carbocycles. The molecular formula is C32H33F4N7O2. The van der Waals surface area contributed by atoms with Crippen LogP contribution in [0.1, 0.15) is 35.3 Å². The van der Waals surface area contributed by atoms with E-state index in [2.05, 4.69) is 25.9 Å². The number of aromatic nitrogens is 2. The van der Waals surface area contributed by atoms with Crippen molar-refractivity contribution in [3.63, 3.8) is 0 Å². The zero-order valence-electron chi connectivity index (χ0n) is 25.4. The number of hydrogen-bond acceptors (Lipinski definition) is 6. The lowest BCUT2D eigenvalue weighted by Crippen LogP contribution is -2.43. The maximum Gasteiger partial charge on any atom is 0.328 e. The Morgan fingerprint density at radius 2 is 1.64 bits per heavy atom. The number of urea groups is 1. The maximum absolute atomic E-state index is 14.9. The highest BCUT2D eigenvalue weighted by atomic mass is 19.1. The zero-order valence-corrected chi connectivity index (χ0v) is 25.4. The fraction of sp³-hybridized carbons (Fsp3) is 0.250. The topological polar surface area (TPSA) is 102 Å². The first-order chi connectivity index (χ1) is 21.5. The van der Waals surface area contributed by atoms with E-state index in [0.29, 0.717) is 41.5 Å². The second kappa shape index (κ2) is 14.2. The summed E-state index contributed by atoms with van der Waals surface area (Å²) in [5, 5.41) is 8.20. The second-order valence-electron chi connectivity index (χ2n) is 10.1. The summed E-state index contributed by atoms with van der Waals surface area (Å²) in [6, 6.07) is 9.89. The van der Waals surface area contributed by atoms with Gasteiger partial charge in [-0.25, -0.2) is 32.2 Å². The van der Waals surface area contributed by atoms with Crippen LogP contribution in [0.25, 0.3) is 11.3 Å². The summed E-state index contributed by atoms with van der Waals surface area (Å²) in [5.74, 6) is -4.20. The first-order valence-corrected chi connectivity index (χ1v) is 14.2. The highest BCUT2D eigenvalue weighted by Crippen LogP contribution is 2.39. The Hall–Kier alpha value is -5.04. The van der Waals surface area contributed by atoms with Gasteiger partial charge in [-0.3, -0.25) is 4.79 Å². The van der Waals surface area contributed by atoms with Crippen LogP contribution in [0.2, 0.25) is 0 Å². The van der Waals surface area contributed by atoms with Crippen molar-refractivity contribution >= 4 is 35.1 Å². The number of likely N-dealkylation sites (N-methyl/N-ethyl adjacent to an activating group) is 1. The lowest BCUT2D eigenvalue weighted by Gasteiger charge is -2.31. The van der Waals surface area contributed by atoms with Gasteiger partial charge in [0.2, 0.25) is 5.95 Å². The number of aryl methyl sites for hydroxylation is 1. The van der Waals surface area contributed by atoms with Crippen molar-refractivity contribution in [1.82, 2.24) is 20.2 Å². The van der Waals surface area contributed by atoms with Crippen molar-refractivity contribution in [1.29, 1.82) is 0 Å². The van der Waals surface area contributed by atoms with Crippen molar-refractivity contribution in [3.8, 4) is 11.3 Å². The zero-order chi connectivity index (χ0) is 32.8. The van der Waals surface area contributed by atoms with E-state index in [0.717, 1.165) is 29.2 Å². The Bertz CT molecular complexity index is 1690. The number of fused-ring (bicyclic) bond motifs is 1. The van der Waals surface area contributed by atoms with Crippen molar-refractivity contribution in [2.75, 3.05) is 42.7 Å². The summed E-state index contributed by atoms with van der Waals surface area (Å²) in [6.07, 6.45) is 0. The standard InChI is InChI=1S/C30H27F4N7O2.C2H6/c1-16-7-8-17(28(42)37-20-13-18(31)12-19(32)14-20)11-21(16)25-22-15-36-30(43)41(26-23(33)5-4-6-24(26)34)27(22)39-29(38-25)35-9-10-40(2)3;1-2/h4-8,11-14H,9-10,15H2,1-3H3,(H,36,43)(H,37,42)(H,35,38,39);1-2H3. The van der Waals surface area contributed by atoms with Gasteiger partial charge in [-0.05, 0) is 63.0 Å². The fourth-order valence-electron chi connectivity index (χ4n) is 4.61. The molecule has 0 spiro atoms. The van der Waals surface area contributed by atoms with Gasteiger partial charge in [0.1, 0.15) is 29.0 Å². The van der Waals surface area contributed by atoms with E-state index in [1.165, 1.54) is 18.2 Å². The van der Waals surface area contributed by atoms with E-state index < -0.39 is 40.9 Å². The molecule has 4 aromatic rings. The molecule has 1 aromatic heterocycles. The van der Waals surface area contributed by atoms with Gasteiger partial charge in [0.25, 0.3) is 5.91 Å². The molecule has 0 bridgehead atoms. The molecule has 0 unspecified atom stereocenters. The number of anilines is 4. The molecule has 5 rings (SSSR count). The third-order valence-electron chi connectivity index (χ3n) is 6.70. The lowest BCUT2D eigenvalue weighted by atomic mass is 9.97. The lowest BCUT2D eigenvalue weighted by molar-refractivity contribution is 0.102. The van der Waals surface area contributed by atoms with Crippen LogP contribution >= 0.6 is 0 Å². The largest absolute Gasteiger partial charge is 0.353 e. The highest BCUT2D eigenvalue weighted by Gasteiger charge is 2.34. The number of carbonyl (C=O) groups excluding carboxylic acids is 2. The van der Waals surface area contributed by atoms with Crippen LogP contribution in [0.4, 0.5) is 45.5 Å². The monoisotopic (exact) mass is 623 g/mol. The number of benzene rings is 3. The highest BCUT2D eigenvalue weighted by molar-refractivity contribution is 6.06. The number of para-hydroxylation sites is 1. The normalized spacial score (nSPS) is 12.2. The predicted molar refractivity (Wildman–Crippen MR) is 166 cm³/mol. The summed E-state index contributed by atoms with van der Waals surface area (Å²) in [5.41, 5.74) is 1.30. The molecule has 9 nitrogen and oxygen atoms in total. The molecule has 1 aliphatic rings. The molecule has 1 aliphatic heterocycles. The minimum atomic E-state index is -0.964. The van der Waals surface area contributed by atoms with Gasteiger partial charge in [0.05, 0.1) is 12.2 Å². The fourth-order valence-corrected chi connectivity index (χ4v) is 4.61. The van der Waals surface area contributed by atoms with E-state index in [4.69, 9.17) is 0 Å². The van der Waals surface area contributed by atoms with Crippen LogP contribution in [0.3, 0.4) is 0 Å². The molecule has 45 heavy (non-hydrogen) atoms. The smallest absolute Gasteiger partial charge is 0.328 e. The van der Waals surface area contributed by atoms with E-state index in [1.54, 1.807) is 13.0 Å². The van der Waals surface area contributed by atoms with Crippen molar-refractivity contribution in [2.45, 2.75) is 27.3 Å². The summed E-state index contributed by atoms with van der Waals surface area (Å²) in [4.78, 5) is 38.1. The maximum atomic E-state index is 14.9. The number of halogens is 4. The van der Waals surface area contributed by atoms with Crippen molar-refractivity contribution in [3.05, 3.63) is 94.6 Å². The molecule has 2 heterocycles. The first-order valence-electron chi connectivity index (χ1n) is 14.2. The Balaban J connectivity index is 0.00000226. The molecular weight excluding hydrogens is 590 g/mol. The van der Waals surface area contributed by atoms with Gasteiger partial charge in [0, 0.05) is 41.5 Å². The van der Waals surface area contributed by atoms with E-state index in [-0.39, 0.29) is 29.6 Å². The SMILES string of the molecule is CC.Cc1ccc(C(=O)Nc2cc(F)cc(F)c2)cc1-c1nc(NCCN(C)C)nc2c1CNC(=O)N2c1c(F)cccc1F. The summed E-state index contributed by atoms with van der Waals surface area (Å²) >= 11 is 0.